The average molecular weight is 518 g/mol. The summed E-state index contributed by atoms with van der Waals surface area (Å²) in [7, 11) is 3.15. The Bertz CT molecular complexity index is 1360. The molecule has 1 amide bonds. The smallest absolute Gasteiger partial charge is 0.250 e. The van der Waals surface area contributed by atoms with E-state index in [0.717, 1.165) is 17.0 Å². The molecule has 4 rings (SSSR count). The van der Waals surface area contributed by atoms with Gasteiger partial charge < -0.3 is 14.2 Å². The summed E-state index contributed by atoms with van der Waals surface area (Å²) in [6.45, 7) is 2.53. The minimum atomic E-state index is -0.286. The SMILES string of the molecule is CCOc1ccc(-n2c(SCC(=O)N/N=C\c3cc(OC)ccc3OC)nnc2-c2ccccc2)cc1. The predicted molar refractivity (Wildman–Crippen MR) is 144 cm³/mol. The molecule has 1 N–H and O–H groups in total. The molecule has 190 valence electrons. The van der Waals surface area contributed by atoms with E-state index in [1.807, 2.05) is 66.1 Å². The van der Waals surface area contributed by atoms with Crippen molar-refractivity contribution < 1.29 is 19.0 Å². The molecular formula is C27H27N5O4S. The van der Waals surface area contributed by atoms with Crippen molar-refractivity contribution in [3.05, 3.63) is 78.4 Å². The third-order valence-electron chi connectivity index (χ3n) is 5.23. The maximum Gasteiger partial charge on any atom is 0.250 e. The van der Waals surface area contributed by atoms with Crippen molar-refractivity contribution in [3.63, 3.8) is 0 Å². The summed E-state index contributed by atoms with van der Waals surface area (Å²) in [6.07, 6.45) is 1.51. The Hall–Kier alpha value is -4.31. The Kier molecular flexibility index (Phi) is 8.77. The van der Waals surface area contributed by atoms with Crippen LogP contribution in [0, 0.1) is 0 Å². The molecule has 0 atom stereocenters. The normalized spacial score (nSPS) is 10.9. The highest BCUT2D eigenvalue weighted by Gasteiger charge is 2.17. The summed E-state index contributed by atoms with van der Waals surface area (Å²) in [5, 5.41) is 13.4. The Balaban J connectivity index is 1.50. The first-order valence-electron chi connectivity index (χ1n) is 11.5. The van der Waals surface area contributed by atoms with E-state index < -0.39 is 0 Å². The molecule has 0 spiro atoms. The van der Waals surface area contributed by atoms with Gasteiger partial charge in [-0.25, -0.2) is 5.43 Å². The van der Waals surface area contributed by atoms with Gasteiger partial charge in [-0.1, -0.05) is 42.1 Å². The van der Waals surface area contributed by atoms with Gasteiger partial charge in [0.2, 0.25) is 0 Å². The number of rotatable bonds is 11. The summed E-state index contributed by atoms with van der Waals surface area (Å²) < 4.78 is 18.1. The monoisotopic (exact) mass is 517 g/mol. The zero-order valence-electron chi connectivity index (χ0n) is 20.7. The molecule has 3 aromatic carbocycles. The van der Waals surface area contributed by atoms with Gasteiger partial charge in [0, 0.05) is 16.8 Å². The van der Waals surface area contributed by atoms with Gasteiger partial charge in [-0.3, -0.25) is 9.36 Å². The van der Waals surface area contributed by atoms with E-state index in [2.05, 4.69) is 20.7 Å². The van der Waals surface area contributed by atoms with Gasteiger partial charge in [-0.05, 0) is 49.4 Å². The minimum absolute atomic E-state index is 0.0938. The molecule has 0 fully saturated rings. The summed E-state index contributed by atoms with van der Waals surface area (Å²) >= 11 is 1.27. The number of nitrogens with zero attached hydrogens (tertiary/aromatic N) is 4. The fraction of sp³-hybridized carbons (Fsp3) is 0.185. The van der Waals surface area contributed by atoms with Crippen molar-refractivity contribution in [3.8, 4) is 34.3 Å². The molecule has 1 aromatic heterocycles. The molecule has 0 aliphatic rings. The quantitative estimate of drug-likeness (QED) is 0.176. The second-order valence-corrected chi connectivity index (χ2v) is 8.57. The van der Waals surface area contributed by atoms with E-state index in [0.29, 0.717) is 34.7 Å². The Labute approximate surface area is 219 Å². The topological polar surface area (TPSA) is 99.9 Å². The van der Waals surface area contributed by atoms with Gasteiger partial charge in [0.1, 0.15) is 17.2 Å². The fourth-order valence-corrected chi connectivity index (χ4v) is 4.25. The third kappa shape index (κ3) is 6.47. The lowest BCUT2D eigenvalue weighted by Crippen LogP contribution is -2.20. The molecule has 1 heterocycles. The number of hydrazone groups is 1. The lowest BCUT2D eigenvalue weighted by molar-refractivity contribution is -0.118. The Morgan fingerprint density at radius 1 is 1.00 bits per heavy atom. The molecule has 0 radical (unpaired) electrons. The van der Waals surface area contributed by atoms with E-state index in [4.69, 9.17) is 14.2 Å². The number of nitrogens with one attached hydrogen (secondary N) is 1. The number of ether oxygens (including phenoxy) is 3. The number of methoxy groups -OCH3 is 2. The predicted octanol–water partition coefficient (Wildman–Crippen LogP) is 4.59. The molecule has 0 aliphatic heterocycles. The van der Waals surface area contributed by atoms with Gasteiger partial charge in [0.15, 0.2) is 11.0 Å². The van der Waals surface area contributed by atoms with Crippen molar-refractivity contribution in [2.75, 3.05) is 26.6 Å². The molecule has 0 saturated heterocycles. The summed E-state index contributed by atoms with van der Waals surface area (Å²) in [5.41, 5.74) is 5.00. The van der Waals surface area contributed by atoms with Gasteiger partial charge in [-0.2, -0.15) is 5.10 Å². The van der Waals surface area contributed by atoms with E-state index >= 15 is 0 Å². The highest BCUT2D eigenvalue weighted by molar-refractivity contribution is 7.99. The maximum absolute atomic E-state index is 12.5. The van der Waals surface area contributed by atoms with E-state index in [9.17, 15) is 4.79 Å². The summed E-state index contributed by atoms with van der Waals surface area (Å²) in [5.74, 6) is 2.54. The second kappa shape index (κ2) is 12.6. The number of amides is 1. The zero-order chi connectivity index (χ0) is 26.0. The van der Waals surface area contributed by atoms with Crippen LogP contribution in [-0.4, -0.2) is 53.5 Å². The highest BCUT2D eigenvalue weighted by atomic mass is 32.2. The van der Waals surface area contributed by atoms with E-state index in [1.54, 1.807) is 32.4 Å². The first-order chi connectivity index (χ1) is 18.1. The van der Waals surface area contributed by atoms with Crippen LogP contribution < -0.4 is 19.6 Å². The van der Waals surface area contributed by atoms with E-state index in [-0.39, 0.29) is 11.7 Å². The Morgan fingerprint density at radius 2 is 1.76 bits per heavy atom. The largest absolute Gasteiger partial charge is 0.497 e. The number of benzene rings is 3. The standard InChI is InChI=1S/C27H27N5O4S/c1-4-36-22-12-10-21(11-13-22)32-26(19-8-6-5-7-9-19)30-31-27(32)37-18-25(33)29-28-17-20-16-23(34-2)14-15-24(20)35-3/h5-17H,4,18H2,1-3H3,(H,29,33)/b28-17-. The minimum Gasteiger partial charge on any atom is -0.497 e. The van der Waals surface area contributed by atoms with Crippen LogP contribution in [0.15, 0.2) is 83.1 Å². The highest BCUT2D eigenvalue weighted by Crippen LogP contribution is 2.29. The molecule has 37 heavy (non-hydrogen) atoms. The molecule has 9 nitrogen and oxygen atoms in total. The van der Waals surface area contributed by atoms with Crippen molar-refractivity contribution in [2.24, 2.45) is 5.10 Å². The van der Waals surface area contributed by atoms with Gasteiger partial charge in [-0.15, -0.1) is 10.2 Å². The molecule has 0 saturated carbocycles. The second-order valence-electron chi connectivity index (χ2n) is 7.62. The van der Waals surface area contributed by atoms with Crippen molar-refractivity contribution in [2.45, 2.75) is 12.1 Å². The van der Waals surface area contributed by atoms with Crippen molar-refractivity contribution in [1.82, 2.24) is 20.2 Å². The van der Waals surface area contributed by atoms with Gasteiger partial charge >= 0.3 is 0 Å². The van der Waals surface area contributed by atoms with Crippen LogP contribution in [-0.2, 0) is 4.79 Å². The van der Waals surface area contributed by atoms with Crippen LogP contribution in [0.1, 0.15) is 12.5 Å². The van der Waals surface area contributed by atoms with Crippen LogP contribution >= 0.6 is 11.8 Å². The first kappa shape index (κ1) is 25.8. The number of carbonyl (C=O) groups excluding carboxylic acids is 1. The van der Waals surface area contributed by atoms with E-state index in [1.165, 1.54) is 18.0 Å². The molecule has 0 unspecified atom stereocenters. The number of aromatic nitrogens is 3. The molecule has 0 bridgehead atoms. The lowest BCUT2D eigenvalue weighted by atomic mass is 10.2. The van der Waals surface area contributed by atoms with Crippen LogP contribution in [0.2, 0.25) is 0 Å². The van der Waals surface area contributed by atoms with Gasteiger partial charge in [0.05, 0.1) is 32.8 Å². The number of thioether (sulfide) groups is 1. The average Bonchev–Trinajstić information content (AvgIpc) is 3.37. The molecule has 4 aromatic rings. The number of hydrogen-bond donors (Lipinski definition) is 1. The first-order valence-corrected chi connectivity index (χ1v) is 12.5. The summed E-state index contributed by atoms with van der Waals surface area (Å²) in [4.78, 5) is 12.5. The Morgan fingerprint density at radius 3 is 2.46 bits per heavy atom. The van der Waals surface area contributed by atoms with Gasteiger partial charge in [0.25, 0.3) is 5.91 Å². The number of carbonyl (C=O) groups is 1. The molecular weight excluding hydrogens is 490 g/mol. The number of hydrogen-bond acceptors (Lipinski definition) is 8. The third-order valence-corrected chi connectivity index (χ3v) is 6.16. The van der Waals surface area contributed by atoms with Crippen LogP contribution in [0.25, 0.3) is 17.1 Å². The maximum atomic E-state index is 12.5. The molecule has 0 aliphatic carbocycles. The van der Waals surface area contributed by atoms with Crippen LogP contribution in [0.4, 0.5) is 0 Å². The van der Waals surface area contributed by atoms with Crippen molar-refractivity contribution in [1.29, 1.82) is 0 Å². The summed E-state index contributed by atoms with van der Waals surface area (Å²) in [6, 6.07) is 22.8. The fourth-order valence-electron chi connectivity index (χ4n) is 3.50. The van der Waals surface area contributed by atoms with Crippen molar-refractivity contribution >= 4 is 23.9 Å². The van der Waals surface area contributed by atoms with Crippen LogP contribution in [0.3, 0.4) is 0 Å². The lowest BCUT2D eigenvalue weighted by Gasteiger charge is -2.11. The van der Waals surface area contributed by atoms with Crippen LogP contribution in [0.5, 0.6) is 17.2 Å². The molecule has 10 heteroatoms. The zero-order valence-corrected chi connectivity index (χ0v) is 21.6.